The molecule has 6 nitrogen and oxygen atoms in total. The molecule has 0 aliphatic rings. The van der Waals surface area contributed by atoms with Gasteiger partial charge < -0.3 is 15.8 Å². The van der Waals surface area contributed by atoms with Gasteiger partial charge in [0.2, 0.25) is 5.91 Å². The number of rotatable bonds is 6. The van der Waals surface area contributed by atoms with Crippen molar-refractivity contribution in [2.24, 2.45) is 5.73 Å². The third kappa shape index (κ3) is 4.88. The maximum atomic E-state index is 11.5. The summed E-state index contributed by atoms with van der Waals surface area (Å²) in [7, 11) is 1.54. The van der Waals surface area contributed by atoms with E-state index in [1.165, 1.54) is 0 Å². The van der Waals surface area contributed by atoms with Crippen molar-refractivity contribution < 1.29 is 9.53 Å². The molecule has 3 N–H and O–H groups in total. The van der Waals surface area contributed by atoms with Crippen LogP contribution in [0, 0.1) is 6.92 Å². The zero-order chi connectivity index (χ0) is 12.7. The summed E-state index contributed by atoms with van der Waals surface area (Å²) in [5.41, 5.74) is 6.22. The van der Waals surface area contributed by atoms with E-state index in [0.29, 0.717) is 18.9 Å². The largest absolute Gasteiger partial charge is 0.380 e. The van der Waals surface area contributed by atoms with Crippen LogP contribution in [0.15, 0.2) is 12.3 Å². The van der Waals surface area contributed by atoms with Crippen molar-refractivity contribution in [3.05, 3.63) is 23.8 Å². The standard InChI is InChI=1S/C11H18N4O2/c1-8-13-4-3-9(15-8)7-14-11(16)5-10(6-12)17-2/h3-4,10H,5-7,12H2,1-2H3,(H,14,16). The first-order valence-corrected chi connectivity index (χ1v) is 5.43. The molecule has 1 rings (SSSR count). The van der Waals surface area contributed by atoms with Crippen LogP contribution in [-0.2, 0) is 16.1 Å². The van der Waals surface area contributed by atoms with Gasteiger partial charge in [0.25, 0.3) is 0 Å². The molecule has 0 radical (unpaired) electrons. The van der Waals surface area contributed by atoms with Gasteiger partial charge in [-0.25, -0.2) is 9.97 Å². The minimum atomic E-state index is -0.234. The lowest BCUT2D eigenvalue weighted by molar-refractivity contribution is -0.123. The highest BCUT2D eigenvalue weighted by Gasteiger charge is 2.11. The number of ether oxygens (including phenoxy) is 1. The quantitative estimate of drug-likeness (QED) is 0.714. The maximum Gasteiger partial charge on any atom is 0.222 e. The van der Waals surface area contributed by atoms with Crippen LogP contribution in [0.5, 0.6) is 0 Å². The monoisotopic (exact) mass is 238 g/mol. The maximum absolute atomic E-state index is 11.5. The van der Waals surface area contributed by atoms with Crippen molar-refractivity contribution in [2.75, 3.05) is 13.7 Å². The molecule has 1 aromatic heterocycles. The van der Waals surface area contributed by atoms with Gasteiger partial charge in [-0.05, 0) is 13.0 Å². The molecule has 0 fully saturated rings. The summed E-state index contributed by atoms with van der Waals surface area (Å²) >= 11 is 0. The van der Waals surface area contributed by atoms with Gasteiger partial charge in [-0.3, -0.25) is 4.79 Å². The number of amides is 1. The topological polar surface area (TPSA) is 90.1 Å². The van der Waals surface area contributed by atoms with E-state index in [1.807, 2.05) is 0 Å². The summed E-state index contributed by atoms with van der Waals surface area (Å²) in [5.74, 6) is 0.590. The van der Waals surface area contributed by atoms with E-state index >= 15 is 0 Å². The average Bonchev–Trinajstić information content (AvgIpc) is 2.33. The number of nitrogens with one attached hydrogen (secondary N) is 1. The predicted molar refractivity (Wildman–Crippen MR) is 63.1 cm³/mol. The predicted octanol–water partition coefficient (Wildman–Crippen LogP) is -0.235. The molecule has 0 spiro atoms. The Bertz CT molecular complexity index is 366. The molecule has 94 valence electrons. The number of nitrogens with two attached hydrogens (primary N) is 1. The molecule has 0 saturated carbocycles. The Morgan fingerprint density at radius 1 is 1.65 bits per heavy atom. The second kappa shape index (κ2) is 6.93. The molecule has 1 heterocycles. The van der Waals surface area contributed by atoms with E-state index < -0.39 is 0 Å². The minimum Gasteiger partial charge on any atom is -0.380 e. The van der Waals surface area contributed by atoms with Crippen LogP contribution in [0.4, 0.5) is 0 Å². The molecule has 1 unspecified atom stereocenters. The van der Waals surface area contributed by atoms with Crippen molar-refractivity contribution in [3.63, 3.8) is 0 Å². The summed E-state index contributed by atoms with van der Waals surface area (Å²) in [6, 6.07) is 1.77. The highest BCUT2D eigenvalue weighted by molar-refractivity contribution is 5.76. The van der Waals surface area contributed by atoms with E-state index in [-0.39, 0.29) is 18.4 Å². The fourth-order valence-electron chi connectivity index (χ4n) is 1.33. The molecule has 0 bridgehead atoms. The lowest BCUT2D eigenvalue weighted by atomic mass is 10.2. The molecule has 0 aromatic carbocycles. The lowest BCUT2D eigenvalue weighted by Crippen LogP contribution is -2.32. The Kier molecular flexibility index (Phi) is 5.51. The Morgan fingerprint density at radius 3 is 3.00 bits per heavy atom. The first-order chi connectivity index (χ1) is 8.15. The van der Waals surface area contributed by atoms with Crippen LogP contribution in [-0.4, -0.2) is 35.6 Å². The summed E-state index contributed by atoms with van der Waals surface area (Å²) in [5, 5.41) is 2.76. The lowest BCUT2D eigenvalue weighted by Gasteiger charge is -2.12. The molecule has 6 heteroatoms. The second-order valence-electron chi connectivity index (χ2n) is 3.67. The summed E-state index contributed by atoms with van der Waals surface area (Å²) in [4.78, 5) is 19.7. The second-order valence-corrected chi connectivity index (χ2v) is 3.67. The smallest absolute Gasteiger partial charge is 0.222 e. The van der Waals surface area contributed by atoms with Crippen molar-refractivity contribution in [1.29, 1.82) is 0 Å². The van der Waals surface area contributed by atoms with E-state index in [1.54, 1.807) is 26.3 Å². The van der Waals surface area contributed by atoms with Crippen molar-refractivity contribution >= 4 is 5.91 Å². The minimum absolute atomic E-state index is 0.0986. The first-order valence-electron chi connectivity index (χ1n) is 5.43. The Morgan fingerprint density at radius 2 is 2.41 bits per heavy atom. The van der Waals surface area contributed by atoms with Gasteiger partial charge in [-0.1, -0.05) is 0 Å². The van der Waals surface area contributed by atoms with Crippen LogP contribution < -0.4 is 11.1 Å². The molecule has 0 aliphatic carbocycles. The third-order valence-corrected chi connectivity index (χ3v) is 2.31. The number of aryl methyl sites for hydroxylation is 1. The molecule has 1 atom stereocenters. The van der Waals surface area contributed by atoms with Crippen LogP contribution >= 0.6 is 0 Å². The van der Waals surface area contributed by atoms with Gasteiger partial charge in [-0.15, -0.1) is 0 Å². The number of carbonyl (C=O) groups is 1. The Hall–Kier alpha value is -1.53. The van der Waals surface area contributed by atoms with Gasteiger partial charge in [0.15, 0.2) is 0 Å². The molecular formula is C11H18N4O2. The SMILES string of the molecule is COC(CN)CC(=O)NCc1ccnc(C)n1. The number of aromatic nitrogens is 2. The van der Waals surface area contributed by atoms with Gasteiger partial charge in [-0.2, -0.15) is 0 Å². The highest BCUT2D eigenvalue weighted by Crippen LogP contribution is 1.97. The molecule has 1 amide bonds. The molecular weight excluding hydrogens is 220 g/mol. The van der Waals surface area contributed by atoms with Crippen LogP contribution in [0.2, 0.25) is 0 Å². The van der Waals surface area contributed by atoms with E-state index in [0.717, 1.165) is 5.69 Å². The van der Waals surface area contributed by atoms with Crippen LogP contribution in [0.1, 0.15) is 17.9 Å². The fraction of sp³-hybridized carbons (Fsp3) is 0.545. The van der Waals surface area contributed by atoms with E-state index in [9.17, 15) is 4.79 Å². The number of hydrogen-bond acceptors (Lipinski definition) is 5. The molecule has 17 heavy (non-hydrogen) atoms. The van der Waals surface area contributed by atoms with Crippen LogP contribution in [0.25, 0.3) is 0 Å². The summed E-state index contributed by atoms with van der Waals surface area (Å²) < 4.78 is 5.03. The number of nitrogens with zero attached hydrogens (tertiary/aromatic N) is 2. The average molecular weight is 238 g/mol. The highest BCUT2D eigenvalue weighted by atomic mass is 16.5. The molecule has 1 aromatic rings. The fourth-order valence-corrected chi connectivity index (χ4v) is 1.33. The zero-order valence-electron chi connectivity index (χ0n) is 10.1. The van der Waals surface area contributed by atoms with Crippen molar-refractivity contribution in [1.82, 2.24) is 15.3 Å². The van der Waals surface area contributed by atoms with E-state index in [2.05, 4.69) is 15.3 Å². The number of carbonyl (C=O) groups excluding carboxylic acids is 1. The van der Waals surface area contributed by atoms with Gasteiger partial charge in [0.1, 0.15) is 5.82 Å². The van der Waals surface area contributed by atoms with Gasteiger partial charge >= 0.3 is 0 Å². The van der Waals surface area contributed by atoms with E-state index in [4.69, 9.17) is 10.5 Å². The molecule has 0 saturated heterocycles. The first kappa shape index (κ1) is 13.5. The van der Waals surface area contributed by atoms with Crippen LogP contribution in [0.3, 0.4) is 0 Å². The summed E-state index contributed by atoms with van der Waals surface area (Å²) in [6.07, 6.45) is 1.70. The zero-order valence-corrected chi connectivity index (χ0v) is 10.1. The molecule has 0 aliphatic heterocycles. The van der Waals surface area contributed by atoms with Crippen molar-refractivity contribution in [3.8, 4) is 0 Å². The van der Waals surface area contributed by atoms with Gasteiger partial charge in [0.05, 0.1) is 24.8 Å². The Balaban J connectivity index is 2.38. The van der Waals surface area contributed by atoms with Gasteiger partial charge in [0, 0.05) is 19.9 Å². The number of methoxy groups -OCH3 is 1. The normalized spacial score (nSPS) is 12.2. The summed E-state index contributed by atoms with van der Waals surface area (Å²) in [6.45, 7) is 2.53. The number of hydrogen-bond donors (Lipinski definition) is 2. The third-order valence-electron chi connectivity index (χ3n) is 2.31. The Labute approximate surface area is 101 Å². The van der Waals surface area contributed by atoms with Crippen molar-refractivity contribution in [2.45, 2.75) is 26.0 Å².